The van der Waals surface area contributed by atoms with Gasteiger partial charge in [-0.1, -0.05) is 74.0 Å². The molecule has 0 atom stereocenters. The number of benzene rings is 2. The summed E-state index contributed by atoms with van der Waals surface area (Å²) in [6, 6.07) is 13.6. The Balaban J connectivity index is 2.00. The highest BCUT2D eigenvalue weighted by Crippen LogP contribution is 2.18. The second-order valence-corrected chi connectivity index (χ2v) is 9.10. The summed E-state index contributed by atoms with van der Waals surface area (Å²) in [5.74, 6) is 0. The van der Waals surface area contributed by atoms with E-state index < -0.39 is 0 Å². The lowest BCUT2D eigenvalue weighted by molar-refractivity contribution is 1.33. The van der Waals surface area contributed by atoms with Gasteiger partial charge in [-0.05, 0) is 65.2 Å². The second-order valence-electron chi connectivity index (χ2n) is 8.45. The van der Waals surface area contributed by atoms with Crippen molar-refractivity contribution >= 4 is 34.6 Å². The molecule has 0 aliphatic heterocycles. The Morgan fingerprint density at radius 3 is 1.73 bits per heavy atom. The van der Waals surface area contributed by atoms with Gasteiger partial charge in [0.25, 0.3) is 0 Å². The van der Waals surface area contributed by atoms with Crippen LogP contribution in [0.3, 0.4) is 0 Å². The van der Waals surface area contributed by atoms with Crippen molar-refractivity contribution < 1.29 is 0 Å². The lowest BCUT2D eigenvalue weighted by Gasteiger charge is -2.24. The largest absolute Gasteiger partial charge is 0.256 e. The average Bonchev–Trinajstić information content (AvgIpc) is 3.20. The van der Waals surface area contributed by atoms with Crippen molar-refractivity contribution in [3.8, 4) is 11.3 Å². The Labute approximate surface area is 184 Å². The van der Waals surface area contributed by atoms with Gasteiger partial charge in [-0.15, -0.1) is 0 Å². The van der Waals surface area contributed by atoms with E-state index >= 15 is 0 Å². The molecule has 0 radical (unpaired) electrons. The zero-order chi connectivity index (χ0) is 21.4. The molecule has 0 unspecified atom stereocenters. The van der Waals surface area contributed by atoms with Crippen LogP contribution in [-0.4, -0.2) is 16.1 Å². The minimum Gasteiger partial charge on any atom is -0.256 e. The Morgan fingerprint density at radius 2 is 1.27 bits per heavy atom. The summed E-state index contributed by atoms with van der Waals surface area (Å²) < 4.78 is 4.27. The van der Waals surface area contributed by atoms with E-state index in [4.69, 9.17) is 0 Å². The van der Waals surface area contributed by atoms with E-state index in [2.05, 4.69) is 92.7 Å². The van der Waals surface area contributed by atoms with Crippen molar-refractivity contribution in [2.24, 2.45) is 0 Å². The minimum absolute atomic E-state index is 0.166. The molecule has 2 aromatic heterocycles. The molecular weight excluding hydrogens is 383 g/mol. The van der Waals surface area contributed by atoms with E-state index in [1.165, 1.54) is 61.3 Å². The molecule has 4 heteroatoms. The maximum Gasteiger partial charge on any atom is 0.242 e. The second kappa shape index (κ2) is 8.19. The van der Waals surface area contributed by atoms with Crippen LogP contribution in [0.15, 0.2) is 54.2 Å². The molecular formula is C26H27BN2S. The molecule has 0 spiro atoms. The molecule has 0 saturated heterocycles. The number of aryl methyl sites for hydroxylation is 6. The van der Waals surface area contributed by atoms with E-state index in [1.54, 1.807) is 0 Å². The summed E-state index contributed by atoms with van der Waals surface area (Å²) in [5, 5.41) is 2.06. The minimum atomic E-state index is 0.166. The maximum absolute atomic E-state index is 4.64. The molecule has 0 fully saturated rings. The smallest absolute Gasteiger partial charge is 0.242 e. The first kappa shape index (κ1) is 20.6. The molecule has 0 aliphatic rings. The van der Waals surface area contributed by atoms with Crippen molar-refractivity contribution in [2.45, 2.75) is 41.5 Å². The highest BCUT2D eigenvalue weighted by atomic mass is 32.1. The zero-order valence-electron chi connectivity index (χ0n) is 18.6. The van der Waals surface area contributed by atoms with Crippen LogP contribution >= 0.6 is 11.5 Å². The van der Waals surface area contributed by atoms with Crippen LogP contribution in [0.25, 0.3) is 11.3 Å². The van der Waals surface area contributed by atoms with Crippen molar-refractivity contribution in [3.63, 3.8) is 0 Å². The fraction of sp³-hybridized carbons (Fsp3) is 0.231. The van der Waals surface area contributed by atoms with Gasteiger partial charge in [0.1, 0.15) is 0 Å². The predicted molar refractivity (Wildman–Crippen MR) is 131 cm³/mol. The van der Waals surface area contributed by atoms with Crippen LogP contribution in [0, 0.1) is 41.5 Å². The molecule has 4 rings (SSSR count). The van der Waals surface area contributed by atoms with E-state index in [0.29, 0.717) is 0 Å². The molecule has 0 aliphatic carbocycles. The van der Waals surface area contributed by atoms with Gasteiger partial charge in [0.2, 0.25) is 6.71 Å². The Bertz CT molecular complexity index is 1110. The fourth-order valence-corrected chi connectivity index (χ4v) is 5.42. The van der Waals surface area contributed by atoms with Crippen LogP contribution in [0.2, 0.25) is 0 Å². The lowest BCUT2D eigenvalue weighted by Crippen LogP contribution is -2.55. The number of hydrogen-bond donors (Lipinski definition) is 0. The topological polar surface area (TPSA) is 25.8 Å². The maximum atomic E-state index is 4.64. The first-order valence-corrected chi connectivity index (χ1v) is 11.2. The number of aromatic nitrogens is 2. The van der Waals surface area contributed by atoms with E-state index in [0.717, 1.165) is 11.3 Å². The van der Waals surface area contributed by atoms with Crippen LogP contribution in [0.1, 0.15) is 33.4 Å². The number of pyridine rings is 1. The quantitative estimate of drug-likeness (QED) is 0.461. The molecule has 2 aromatic carbocycles. The van der Waals surface area contributed by atoms with Gasteiger partial charge in [0.15, 0.2) is 0 Å². The molecule has 0 N–H and O–H groups in total. The summed E-state index contributed by atoms with van der Waals surface area (Å²) >= 11 is 1.46. The molecule has 0 bridgehead atoms. The molecule has 0 amide bonds. The number of rotatable bonds is 4. The third-order valence-corrected chi connectivity index (χ3v) is 6.49. The van der Waals surface area contributed by atoms with Crippen molar-refractivity contribution in [1.82, 2.24) is 9.36 Å². The summed E-state index contributed by atoms with van der Waals surface area (Å²) in [6.45, 7) is 13.5. The molecule has 0 saturated carbocycles. The SMILES string of the molecule is Cc1cc(C)c(B(c2ccnc(-c3cnsc3)c2)c2c(C)cc(C)cc2C)c(C)c1. The first-order chi connectivity index (χ1) is 14.3. The third kappa shape index (κ3) is 3.84. The van der Waals surface area contributed by atoms with Gasteiger partial charge >= 0.3 is 0 Å². The van der Waals surface area contributed by atoms with Crippen LogP contribution < -0.4 is 16.4 Å². The average molecular weight is 410 g/mol. The lowest BCUT2D eigenvalue weighted by atomic mass is 9.34. The Hall–Kier alpha value is -2.72. The first-order valence-electron chi connectivity index (χ1n) is 10.4. The van der Waals surface area contributed by atoms with Gasteiger partial charge < -0.3 is 0 Å². The fourth-order valence-electron chi connectivity index (χ4n) is 4.89. The summed E-state index contributed by atoms with van der Waals surface area (Å²) in [5.41, 5.74) is 14.1. The van der Waals surface area contributed by atoms with Gasteiger partial charge in [-0.3, -0.25) is 4.98 Å². The molecule has 150 valence electrons. The van der Waals surface area contributed by atoms with Crippen molar-refractivity contribution in [2.75, 3.05) is 0 Å². The van der Waals surface area contributed by atoms with Gasteiger partial charge in [0, 0.05) is 17.1 Å². The molecule has 4 aromatic rings. The highest BCUT2D eigenvalue weighted by molar-refractivity contribution is 7.04. The molecule has 2 nitrogen and oxygen atoms in total. The van der Waals surface area contributed by atoms with Crippen molar-refractivity contribution in [3.05, 3.63) is 87.6 Å². The summed E-state index contributed by atoms with van der Waals surface area (Å²) in [6.07, 6.45) is 3.84. The monoisotopic (exact) mass is 410 g/mol. The predicted octanol–water partition coefficient (Wildman–Crippen LogP) is 4.57. The van der Waals surface area contributed by atoms with Crippen molar-refractivity contribution in [1.29, 1.82) is 0 Å². The standard InChI is InChI=1S/C26H27BN2S/c1-16-9-18(3)25(19(4)10-16)27(26-20(5)11-17(2)12-21(26)6)23-7-8-28-24(13-23)22-14-29-30-15-22/h7-15H,1-6H3. The third-order valence-electron chi connectivity index (χ3n) is 5.90. The summed E-state index contributed by atoms with van der Waals surface area (Å²) in [7, 11) is 0. The van der Waals surface area contributed by atoms with Gasteiger partial charge in [-0.2, -0.15) is 0 Å². The van der Waals surface area contributed by atoms with Crippen LogP contribution in [0.4, 0.5) is 0 Å². The molecule has 2 heterocycles. The number of hydrogen-bond acceptors (Lipinski definition) is 3. The zero-order valence-corrected chi connectivity index (χ0v) is 19.4. The van der Waals surface area contributed by atoms with Gasteiger partial charge in [0.05, 0.1) is 11.9 Å². The van der Waals surface area contributed by atoms with E-state index in [1.807, 2.05) is 12.4 Å². The Morgan fingerprint density at radius 1 is 0.733 bits per heavy atom. The van der Waals surface area contributed by atoms with Gasteiger partial charge in [-0.25, -0.2) is 4.37 Å². The summed E-state index contributed by atoms with van der Waals surface area (Å²) in [4.78, 5) is 4.64. The Kier molecular flexibility index (Phi) is 5.61. The van der Waals surface area contributed by atoms with Crippen LogP contribution in [0.5, 0.6) is 0 Å². The van der Waals surface area contributed by atoms with Crippen LogP contribution in [-0.2, 0) is 0 Å². The van der Waals surface area contributed by atoms with E-state index in [-0.39, 0.29) is 6.71 Å². The highest BCUT2D eigenvalue weighted by Gasteiger charge is 2.28. The molecule has 30 heavy (non-hydrogen) atoms. The number of nitrogens with zero attached hydrogens (tertiary/aromatic N) is 2. The normalized spacial score (nSPS) is 11.0. The van der Waals surface area contributed by atoms with E-state index in [9.17, 15) is 0 Å².